The monoisotopic (exact) mass is 413 g/mol. The SMILES string of the molecule is CCCCCCCCCCCCCCCCCCC(=O)N(CC(C)O)CC(C)O. The minimum Gasteiger partial charge on any atom is -0.392 e. The van der Waals surface area contributed by atoms with Crippen molar-refractivity contribution in [1.82, 2.24) is 4.90 Å². The predicted molar refractivity (Wildman–Crippen MR) is 124 cm³/mol. The van der Waals surface area contributed by atoms with Crippen molar-refractivity contribution in [3.8, 4) is 0 Å². The molecule has 4 nitrogen and oxygen atoms in total. The van der Waals surface area contributed by atoms with Gasteiger partial charge in [0.2, 0.25) is 5.91 Å². The van der Waals surface area contributed by atoms with Crippen molar-refractivity contribution in [1.29, 1.82) is 0 Å². The molecule has 0 saturated heterocycles. The molecule has 29 heavy (non-hydrogen) atoms. The van der Waals surface area contributed by atoms with E-state index in [1.54, 1.807) is 18.7 Å². The quantitative estimate of drug-likeness (QED) is 0.219. The first kappa shape index (κ1) is 28.4. The van der Waals surface area contributed by atoms with Crippen LogP contribution in [0.25, 0.3) is 0 Å². The standard InChI is InChI=1S/C25H51NO3/c1-4-5-6-7-8-9-10-11-12-13-14-15-16-17-18-19-20-25(29)26(21-23(2)27)22-24(3)28/h23-24,27-28H,4-22H2,1-3H3. The second-order valence-electron chi connectivity index (χ2n) is 9.05. The molecule has 0 aliphatic rings. The van der Waals surface area contributed by atoms with Crippen LogP contribution in [0.4, 0.5) is 0 Å². The van der Waals surface area contributed by atoms with Crippen molar-refractivity contribution < 1.29 is 15.0 Å². The third-order valence-electron chi connectivity index (χ3n) is 5.57. The van der Waals surface area contributed by atoms with Crippen LogP contribution in [0.5, 0.6) is 0 Å². The Bertz CT molecular complexity index is 348. The summed E-state index contributed by atoms with van der Waals surface area (Å²) < 4.78 is 0. The first-order valence-electron chi connectivity index (χ1n) is 12.6. The summed E-state index contributed by atoms with van der Waals surface area (Å²) >= 11 is 0. The van der Waals surface area contributed by atoms with Crippen LogP contribution in [0.2, 0.25) is 0 Å². The smallest absolute Gasteiger partial charge is 0.222 e. The Balaban J connectivity index is 3.44. The fourth-order valence-electron chi connectivity index (χ4n) is 3.90. The van der Waals surface area contributed by atoms with Gasteiger partial charge in [0.05, 0.1) is 12.2 Å². The Labute approximate surface area is 181 Å². The van der Waals surface area contributed by atoms with Crippen LogP contribution in [-0.4, -0.2) is 46.3 Å². The van der Waals surface area contributed by atoms with Gasteiger partial charge in [0.15, 0.2) is 0 Å². The van der Waals surface area contributed by atoms with E-state index in [9.17, 15) is 15.0 Å². The number of aliphatic hydroxyl groups is 2. The fraction of sp³-hybridized carbons (Fsp3) is 0.960. The Morgan fingerprint density at radius 3 is 1.24 bits per heavy atom. The van der Waals surface area contributed by atoms with Gasteiger partial charge in [-0.2, -0.15) is 0 Å². The normalized spacial score (nSPS) is 13.4. The van der Waals surface area contributed by atoms with Crippen molar-refractivity contribution in [3.63, 3.8) is 0 Å². The highest BCUT2D eigenvalue weighted by Crippen LogP contribution is 2.14. The first-order valence-corrected chi connectivity index (χ1v) is 12.6. The van der Waals surface area contributed by atoms with E-state index in [2.05, 4.69) is 6.92 Å². The molecule has 0 fully saturated rings. The molecule has 0 rings (SSSR count). The van der Waals surface area contributed by atoms with Gasteiger partial charge in [0, 0.05) is 19.5 Å². The highest BCUT2D eigenvalue weighted by atomic mass is 16.3. The molecule has 0 aliphatic carbocycles. The molecule has 1 amide bonds. The van der Waals surface area contributed by atoms with E-state index in [0.29, 0.717) is 19.5 Å². The maximum Gasteiger partial charge on any atom is 0.222 e. The van der Waals surface area contributed by atoms with Crippen molar-refractivity contribution in [2.24, 2.45) is 0 Å². The van der Waals surface area contributed by atoms with E-state index in [1.807, 2.05) is 0 Å². The summed E-state index contributed by atoms with van der Waals surface area (Å²) in [6, 6.07) is 0. The van der Waals surface area contributed by atoms with E-state index in [0.717, 1.165) is 12.8 Å². The van der Waals surface area contributed by atoms with Crippen molar-refractivity contribution in [2.45, 2.75) is 142 Å². The average molecular weight is 414 g/mol. The average Bonchev–Trinajstić information content (AvgIpc) is 2.66. The number of unbranched alkanes of at least 4 members (excludes halogenated alkanes) is 15. The van der Waals surface area contributed by atoms with Crippen molar-refractivity contribution in [2.75, 3.05) is 13.1 Å². The van der Waals surface area contributed by atoms with Gasteiger partial charge in [-0.1, -0.05) is 103 Å². The predicted octanol–water partition coefficient (Wildman–Crippen LogP) is 6.23. The number of nitrogens with zero attached hydrogens (tertiary/aromatic N) is 1. The lowest BCUT2D eigenvalue weighted by Gasteiger charge is -2.25. The van der Waals surface area contributed by atoms with E-state index >= 15 is 0 Å². The van der Waals surface area contributed by atoms with Crippen LogP contribution >= 0.6 is 0 Å². The van der Waals surface area contributed by atoms with Gasteiger partial charge >= 0.3 is 0 Å². The van der Waals surface area contributed by atoms with Gasteiger partial charge < -0.3 is 15.1 Å². The van der Waals surface area contributed by atoms with E-state index in [-0.39, 0.29) is 5.91 Å². The molecule has 4 heteroatoms. The molecule has 0 aliphatic heterocycles. The molecule has 2 N–H and O–H groups in total. The lowest BCUT2D eigenvalue weighted by atomic mass is 10.0. The van der Waals surface area contributed by atoms with Crippen molar-refractivity contribution >= 4 is 5.91 Å². The molecule has 2 atom stereocenters. The minimum absolute atomic E-state index is 0.0529. The Morgan fingerprint density at radius 2 is 0.931 bits per heavy atom. The molecule has 0 aromatic heterocycles. The number of aliphatic hydroxyl groups excluding tert-OH is 2. The summed E-state index contributed by atoms with van der Waals surface area (Å²) in [6.07, 6.45) is 20.6. The molecule has 0 radical (unpaired) electrons. The highest BCUT2D eigenvalue weighted by Gasteiger charge is 2.16. The molecule has 0 aromatic carbocycles. The van der Waals surface area contributed by atoms with Crippen LogP contribution in [0, 0.1) is 0 Å². The van der Waals surface area contributed by atoms with Crippen molar-refractivity contribution in [3.05, 3.63) is 0 Å². The molecule has 0 saturated carbocycles. The Kier molecular flexibility index (Phi) is 20.2. The minimum atomic E-state index is -0.552. The Morgan fingerprint density at radius 1 is 0.621 bits per heavy atom. The third-order valence-corrected chi connectivity index (χ3v) is 5.57. The van der Waals surface area contributed by atoms with Crippen LogP contribution < -0.4 is 0 Å². The third kappa shape index (κ3) is 20.4. The van der Waals surface area contributed by atoms with Crippen LogP contribution in [-0.2, 0) is 4.79 Å². The molecular weight excluding hydrogens is 362 g/mol. The molecule has 0 heterocycles. The maximum atomic E-state index is 12.3. The second-order valence-corrected chi connectivity index (χ2v) is 9.05. The van der Waals surface area contributed by atoms with Gasteiger partial charge in [-0.3, -0.25) is 4.79 Å². The summed E-state index contributed by atoms with van der Waals surface area (Å²) in [4.78, 5) is 13.9. The zero-order valence-electron chi connectivity index (χ0n) is 19.8. The number of carbonyl (C=O) groups is 1. The second kappa shape index (κ2) is 20.7. The zero-order chi connectivity index (χ0) is 21.7. The highest BCUT2D eigenvalue weighted by molar-refractivity contribution is 5.76. The summed E-state index contributed by atoms with van der Waals surface area (Å²) in [5.74, 6) is 0.0529. The maximum absolute atomic E-state index is 12.3. The van der Waals surface area contributed by atoms with Gasteiger partial charge in [-0.05, 0) is 20.3 Å². The summed E-state index contributed by atoms with van der Waals surface area (Å²) in [5, 5.41) is 19.0. The largest absolute Gasteiger partial charge is 0.392 e. The Hall–Kier alpha value is -0.610. The van der Waals surface area contributed by atoms with E-state index in [4.69, 9.17) is 0 Å². The number of hydrogen-bond acceptors (Lipinski definition) is 3. The fourth-order valence-corrected chi connectivity index (χ4v) is 3.90. The first-order chi connectivity index (χ1) is 14.0. The lowest BCUT2D eigenvalue weighted by Crippen LogP contribution is -2.40. The summed E-state index contributed by atoms with van der Waals surface area (Å²) in [6.45, 7) is 6.25. The summed E-state index contributed by atoms with van der Waals surface area (Å²) in [7, 11) is 0. The van der Waals surface area contributed by atoms with E-state index in [1.165, 1.54) is 89.9 Å². The number of rotatable bonds is 21. The topological polar surface area (TPSA) is 60.8 Å². The van der Waals surface area contributed by atoms with Crippen LogP contribution in [0.1, 0.15) is 130 Å². The lowest BCUT2D eigenvalue weighted by molar-refractivity contribution is -0.134. The number of carbonyl (C=O) groups excluding carboxylic acids is 1. The van der Waals surface area contributed by atoms with Gasteiger partial charge in [0.1, 0.15) is 0 Å². The van der Waals surface area contributed by atoms with E-state index < -0.39 is 12.2 Å². The van der Waals surface area contributed by atoms with Gasteiger partial charge in [-0.25, -0.2) is 0 Å². The van der Waals surface area contributed by atoms with Crippen LogP contribution in [0.3, 0.4) is 0 Å². The number of amides is 1. The molecule has 0 bridgehead atoms. The molecular formula is C25H51NO3. The number of hydrogen-bond donors (Lipinski definition) is 2. The summed E-state index contributed by atoms with van der Waals surface area (Å²) in [5.41, 5.74) is 0. The molecule has 0 spiro atoms. The molecule has 174 valence electrons. The zero-order valence-corrected chi connectivity index (χ0v) is 19.8. The molecule has 2 unspecified atom stereocenters. The van der Waals surface area contributed by atoms with Gasteiger partial charge in [-0.15, -0.1) is 0 Å². The van der Waals surface area contributed by atoms with Crippen LogP contribution in [0.15, 0.2) is 0 Å². The van der Waals surface area contributed by atoms with Gasteiger partial charge in [0.25, 0.3) is 0 Å². The molecule has 0 aromatic rings.